The molecule has 0 atom stereocenters. The number of nitrogens with zero attached hydrogens (tertiary/aromatic N) is 1. The summed E-state index contributed by atoms with van der Waals surface area (Å²) in [5.74, 6) is -0.670. The van der Waals surface area contributed by atoms with Crippen LogP contribution in [-0.4, -0.2) is 4.98 Å². The van der Waals surface area contributed by atoms with Crippen molar-refractivity contribution in [2.45, 2.75) is 10.1 Å². The maximum absolute atomic E-state index is 14.1. The van der Waals surface area contributed by atoms with Crippen molar-refractivity contribution in [1.29, 1.82) is 0 Å². The van der Waals surface area contributed by atoms with Crippen LogP contribution in [0.25, 0.3) is 11.1 Å². The highest BCUT2D eigenvalue weighted by atomic mass is 35.5. The second kappa shape index (κ2) is 4.88. The van der Waals surface area contributed by atoms with Crippen molar-refractivity contribution in [3.63, 3.8) is 0 Å². The molecule has 20 heavy (non-hydrogen) atoms. The smallest absolute Gasteiger partial charge is 0.261 e. The Morgan fingerprint density at radius 2 is 1.95 bits per heavy atom. The Kier molecular flexibility index (Phi) is 3.19. The Labute approximate surface area is 122 Å². The number of nitrogens with two attached hydrogens (primary N) is 2. The number of rotatable bonds is 2. The first-order valence-electron chi connectivity index (χ1n) is 5.62. The number of benzene rings is 2. The minimum Gasteiger partial charge on any atom is -0.431 e. The van der Waals surface area contributed by atoms with E-state index in [2.05, 4.69) is 4.98 Å². The summed E-state index contributed by atoms with van der Waals surface area (Å²) < 4.78 is 19.6. The summed E-state index contributed by atoms with van der Waals surface area (Å²) >= 11 is 6.75. The summed E-state index contributed by atoms with van der Waals surface area (Å²) in [4.78, 5) is 4.39. The third-order valence-electron chi connectivity index (χ3n) is 2.68. The highest BCUT2D eigenvalue weighted by Gasteiger charge is 2.18. The monoisotopic (exact) mass is 309 g/mol. The number of para-hydroxylation sites is 2. The zero-order valence-electron chi connectivity index (χ0n) is 10.1. The number of aromatic nitrogens is 1. The first-order valence-corrected chi connectivity index (χ1v) is 6.82. The average Bonchev–Trinajstić information content (AvgIpc) is 2.83. The van der Waals surface area contributed by atoms with Gasteiger partial charge in [0.25, 0.3) is 5.22 Å². The molecule has 0 saturated carbocycles. The van der Waals surface area contributed by atoms with E-state index < -0.39 is 5.82 Å². The van der Waals surface area contributed by atoms with Gasteiger partial charge in [-0.15, -0.1) is 0 Å². The molecule has 0 saturated heterocycles. The van der Waals surface area contributed by atoms with Crippen LogP contribution in [0, 0.1) is 5.82 Å². The zero-order chi connectivity index (χ0) is 14.3. The number of oxazole rings is 1. The first-order chi connectivity index (χ1) is 9.56. The van der Waals surface area contributed by atoms with Gasteiger partial charge in [0.15, 0.2) is 11.4 Å². The van der Waals surface area contributed by atoms with E-state index in [9.17, 15) is 4.39 Å². The van der Waals surface area contributed by atoms with Gasteiger partial charge in [0.1, 0.15) is 10.5 Å². The maximum Gasteiger partial charge on any atom is 0.261 e. The van der Waals surface area contributed by atoms with Gasteiger partial charge in [-0.05, 0) is 30.0 Å². The van der Waals surface area contributed by atoms with Gasteiger partial charge in [-0.1, -0.05) is 23.7 Å². The third-order valence-corrected chi connectivity index (χ3v) is 4.03. The van der Waals surface area contributed by atoms with Crippen LogP contribution in [0.15, 0.2) is 44.9 Å². The van der Waals surface area contributed by atoms with Gasteiger partial charge in [0.2, 0.25) is 0 Å². The molecule has 0 bridgehead atoms. The van der Waals surface area contributed by atoms with Crippen LogP contribution < -0.4 is 11.5 Å². The molecule has 3 aromatic rings. The molecule has 0 amide bonds. The Morgan fingerprint density at radius 3 is 2.70 bits per heavy atom. The lowest BCUT2D eigenvalue weighted by Gasteiger charge is -2.08. The molecule has 0 radical (unpaired) electrons. The second-order valence-electron chi connectivity index (χ2n) is 4.06. The van der Waals surface area contributed by atoms with Crippen LogP contribution in [0.2, 0.25) is 5.02 Å². The Morgan fingerprint density at radius 1 is 1.20 bits per heavy atom. The SMILES string of the molecule is Nc1cc(N)c(Sc2nc3ccccc3o2)c(F)c1Cl. The number of nitrogen functional groups attached to an aromatic ring is 2. The minimum absolute atomic E-state index is 0.101. The van der Waals surface area contributed by atoms with Gasteiger partial charge in [-0.25, -0.2) is 9.37 Å². The summed E-state index contributed by atoms with van der Waals surface area (Å²) in [7, 11) is 0. The summed E-state index contributed by atoms with van der Waals surface area (Å²) in [5, 5.41) is 0.135. The van der Waals surface area contributed by atoms with Gasteiger partial charge < -0.3 is 15.9 Å². The van der Waals surface area contributed by atoms with Crippen LogP contribution in [0.3, 0.4) is 0 Å². The van der Waals surface area contributed by atoms with E-state index in [1.807, 2.05) is 12.1 Å². The van der Waals surface area contributed by atoms with Gasteiger partial charge in [0.05, 0.1) is 16.3 Å². The van der Waals surface area contributed by atoms with Gasteiger partial charge in [-0.2, -0.15) is 0 Å². The van der Waals surface area contributed by atoms with Gasteiger partial charge in [-0.3, -0.25) is 0 Å². The van der Waals surface area contributed by atoms with Crippen molar-refractivity contribution in [1.82, 2.24) is 4.98 Å². The molecule has 0 fully saturated rings. The van der Waals surface area contributed by atoms with Crippen molar-refractivity contribution < 1.29 is 8.81 Å². The predicted molar refractivity (Wildman–Crippen MR) is 78.4 cm³/mol. The number of halogens is 2. The van der Waals surface area contributed by atoms with Gasteiger partial charge in [0, 0.05) is 0 Å². The standard InChI is InChI=1S/C13H9ClFN3OS/c14-10-6(16)5-7(17)12(11(10)15)20-13-18-8-3-1-2-4-9(8)19-13/h1-5H,16-17H2. The van der Waals surface area contributed by atoms with Crippen molar-refractivity contribution in [2.24, 2.45) is 0 Å². The summed E-state index contributed by atoms with van der Waals surface area (Å²) in [5.41, 5.74) is 12.9. The molecule has 0 unspecified atom stereocenters. The number of fused-ring (bicyclic) bond motifs is 1. The fourth-order valence-electron chi connectivity index (χ4n) is 1.74. The Balaban J connectivity index is 2.05. The van der Waals surface area contributed by atoms with Crippen molar-refractivity contribution in [2.75, 3.05) is 11.5 Å². The predicted octanol–water partition coefficient (Wildman–Crippen LogP) is 3.94. The molecular weight excluding hydrogens is 301 g/mol. The van der Waals surface area contributed by atoms with Crippen molar-refractivity contribution in [3.8, 4) is 0 Å². The van der Waals surface area contributed by atoms with Crippen molar-refractivity contribution >= 4 is 45.8 Å². The molecule has 1 heterocycles. The molecule has 3 rings (SSSR count). The number of hydrogen-bond donors (Lipinski definition) is 2. The highest BCUT2D eigenvalue weighted by Crippen LogP contribution is 2.40. The zero-order valence-corrected chi connectivity index (χ0v) is 11.6. The molecule has 0 aliphatic rings. The van der Waals surface area contributed by atoms with E-state index in [-0.39, 0.29) is 26.5 Å². The average molecular weight is 310 g/mol. The maximum atomic E-state index is 14.1. The lowest BCUT2D eigenvalue weighted by atomic mass is 10.3. The largest absolute Gasteiger partial charge is 0.431 e. The fourth-order valence-corrected chi connectivity index (χ4v) is 2.76. The number of anilines is 2. The summed E-state index contributed by atoms with van der Waals surface area (Å²) in [6.45, 7) is 0. The van der Waals surface area contributed by atoms with E-state index in [0.717, 1.165) is 11.8 Å². The first kappa shape index (κ1) is 13.1. The Bertz CT molecular complexity index is 773. The van der Waals surface area contributed by atoms with Crippen LogP contribution in [-0.2, 0) is 0 Å². The Hall–Kier alpha value is -1.92. The summed E-state index contributed by atoms with van der Waals surface area (Å²) in [6, 6.07) is 8.67. The molecule has 1 aromatic heterocycles. The number of hydrogen-bond acceptors (Lipinski definition) is 5. The highest BCUT2D eigenvalue weighted by molar-refractivity contribution is 7.99. The molecule has 0 aliphatic carbocycles. The van der Waals surface area contributed by atoms with E-state index in [1.165, 1.54) is 6.07 Å². The lowest BCUT2D eigenvalue weighted by Crippen LogP contribution is -1.98. The normalized spacial score (nSPS) is 11.1. The molecule has 2 aromatic carbocycles. The van der Waals surface area contributed by atoms with E-state index in [1.54, 1.807) is 12.1 Å². The molecule has 4 N–H and O–H groups in total. The molecule has 102 valence electrons. The lowest BCUT2D eigenvalue weighted by molar-refractivity contribution is 0.488. The molecule has 4 nitrogen and oxygen atoms in total. The van der Waals surface area contributed by atoms with E-state index >= 15 is 0 Å². The fraction of sp³-hybridized carbons (Fsp3) is 0. The van der Waals surface area contributed by atoms with Gasteiger partial charge >= 0.3 is 0 Å². The van der Waals surface area contributed by atoms with E-state index in [0.29, 0.717) is 11.1 Å². The van der Waals surface area contributed by atoms with Crippen LogP contribution >= 0.6 is 23.4 Å². The van der Waals surface area contributed by atoms with Crippen LogP contribution in [0.5, 0.6) is 0 Å². The molecule has 0 spiro atoms. The summed E-state index contributed by atoms with van der Waals surface area (Å²) in [6.07, 6.45) is 0. The molecule has 0 aliphatic heterocycles. The minimum atomic E-state index is -0.670. The quantitative estimate of drug-likeness (QED) is 0.701. The topological polar surface area (TPSA) is 78.1 Å². The van der Waals surface area contributed by atoms with Crippen molar-refractivity contribution in [3.05, 3.63) is 41.2 Å². The van der Waals surface area contributed by atoms with Crippen LogP contribution in [0.1, 0.15) is 0 Å². The molecule has 7 heteroatoms. The third kappa shape index (κ3) is 2.17. The second-order valence-corrected chi connectivity index (χ2v) is 5.40. The van der Waals surface area contributed by atoms with Crippen LogP contribution in [0.4, 0.5) is 15.8 Å². The molecular formula is C13H9ClFN3OS. The van der Waals surface area contributed by atoms with E-state index in [4.69, 9.17) is 27.5 Å².